The van der Waals surface area contributed by atoms with Crippen molar-refractivity contribution in [1.29, 1.82) is 0 Å². The van der Waals surface area contributed by atoms with E-state index in [0.717, 1.165) is 185 Å². The lowest BCUT2D eigenvalue weighted by Gasteiger charge is -2.30. The lowest BCUT2D eigenvalue weighted by atomic mass is 9.74. The predicted octanol–water partition coefficient (Wildman–Crippen LogP) is 21.4. The summed E-state index contributed by atoms with van der Waals surface area (Å²) in [6.45, 7) is 14.4. The van der Waals surface area contributed by atoms with Gasteiger partial charge in [0, 0.05) is 102 Å². The monoisotopic (exact) mass is 1560 g/mol. The average molecular weight is 1570 g/mol. The van der Waals surface area contributed by atoms with Crippen molar-refractivity contribution in [3.63, 3.8) is 0 Å². The van der Waals surface area contributed by atoms with Crippen LogP contribution in [0.3, 0.4) is 0 Å². The van der Waals surface area contributed by atoms with E-state index < -0.39 is 0 Å². The number of rotatable bonds is 35. The number of unbranched alkanes of at least 4 members (excludes halogenated alkanes) is 8. The zero-order valence-corrected chi connectivity index (χ0v) is 69.0. The Balaban J connectivity index is 0.000000226. The molecule has 0 radical (unpaired) electrons. The van der Waals surface area contributed by atoms with Crippen LogP contribution in [0.2, 0.25) is 0 Å². The number of benzene rings is 8. The summed E-state index contributed by atoms with van der Waals surface area (Å²) in [5, 5.41) is 18.7. The van der Waals surface area contributed by atoms with Crippen molar-refractivity contribution in [2.75, 3.05) is 57.3 Å². The number of nitrogens with zero attached hydrogens (tertiary/aromatic N) is 1. The van der Waals surface area contributed by atoms with Gasteiger partial charge in [-0.3, -0.25) is 43.3 Å². The number of carbonyl (C=O) groups is 8. The minimum Gasteiger partial charge on any atom is -0.399 e. The maximum atomic E-state index is 12.9. The third kappa shape index (κ3) is 37.4. The van der Waals surface area contributed by atoms with E-state index >= 15 is 0 Å². The van der Waals surface area contributed by atoms with E-state index in [1.54, 1.807) is 0 Å². The molecule has 2 heterocycles. The maximum Gasteiger partial charge on any atom is 0.317 e. The molecule has 0 aromatic heterocycles. The van der Waals surface area contributed by atoms with Crippen molar-refractivity contribution >= 4 is 104 Å². The molecule has 5 amide bonds. The Morgan fingerprint density at radius 2 is 0.748 bits per heavy atom. The molecule has 115 heavy (non-hydrogen) atoms. The number of imide groups is 1. The number of anilines is 10. The van der Waals surface area contributed by atoms with E-state index in [-0.39, 0.29) is 70.6 Å². The molecule has 2 unspecified atom stereocenters. The number of nitrogens with two attached hydrogens (primary N) is 3. The first kappa shape index (κ1) is 93.1. The minimum absolute atomic E-state index is 0.0148. The van der Waals surface area contributed by atoms with Gasteiger partial charge in [-0.2, -0.15) is 0 Å². The van der Waals surface area contributed by atoms with Crippen LogP contribution in [-0.4, -0.2) is 71.8 Å². The molecule has 12 N–H and O–H groups in total. The number of hydrogen-bond acceptors (Lipinski definition) is 15. The smallest absolute Gasteiger partial charge is 0.317 e. The average Bonchev–Trinajstić information content (AvgIpc) is 1.66. The summed E-state index contributed by atoms with van der Waals surface area (Å²) in [4.78, 5) is 95.6. The van der Waals surface area contributed by atoms with Gasteiger partial charge in [-0.1, -0.05) is 196 Å². The summed E-state index contributed by atoms with van der Waals surface area (Å²) in [6.07, 6.45) is 23.9. The van der Waals surface area contributed by atoms with Crippen LogP contribution >= 0.6 is 0 Å². The number of ether oxygens (including phenoxy) is 1. The fraction of sp³-hybridized carbons (Fsp3) is 0.417. The molecule has 19 nitrogen and oxygen atoms in total. The van der Waals surface area contributed by atoms with Crippen molar-refractivity contribution in [2.24, 2.45) is 34.1 Å². The molecule has 2 aliphatic heterocycles. The van der Waals surface area contributed by atoms with Gasteiger partial charge in [0.15, 0.2) is 0 Å². The molecule has 1 saturated carbocycles. The van der Waals surface area contributed by atoms with Crippen LogP contribution in [0.4, 0.5) is 56.9 Å². The van der Waals surface area contributed by atoms with Crippen molar-refractivity contribution in [3.8, 4) is 0 Å². The number of para-hydroxylation sites is 3. The Labute approximate surface area is 684 Å². The highest BCUT2D eigenvalue weighted by Crippen LogP contribution is 2.41. The number of Topliss-reactive ketones (excluding diaryl/α,β-unsaturated/α-hetero) is 1. The van der Waals surface area contributed by atoms with E-state index in [9.17, 15) is 38.4 Å². The number of nitrogen functional groups attached to an aromatic ring is 1. The van der Waals surface area contributed by atoms with Gasteiger partial charge in [0.2, 0.25) is 29.5 Å². The normalized spacial score (nSPS) is 14.3. The molecule has 8 aromatic carbocycles. The Kier molecular flexibility index (Phi) is 42.6. The topological polar surface area (TPSA) is 299 Å². The number of carbonyl (C=O) groups excluding carboxylic acids is 8. The van der Waals surface area contributed by atoms with Gasteiger partial charge in [0.1, 0.15) is 5.78 Å². The molecule has 1 aliphatic carbocycles. The first-order valence-corrected chi connectivity index (χ1v) is 41.6. The maximum absolute atomic E-state index is 12.9. The van der Waals surface area contributed by atoms with E-state index in [4.69, 9.17) is 17.2 Å². The summed E-state index contributed by atoms with van der Waals surface area (Å²) >= 11 is 0. The third-order valence-electron chi connectivity index (χ3n) is 20.4. The second-order valence-electron chi connectivity index (χ2n) is 31.1. The van der Waals surface area contributed by atoms with Crippen LogP contribution in [-0.2, 0) is 49.5 Å². The van der Waals surface area contributed by atoms with Crippen LogP contribution in [0.25, 0.3) is 0 Å². The number of likely N-dealkylation sites (tertiary alicyclic amines) is 1. The molecule has 3 aliphatic rings. The second-order valence-corrected chi connectivity index (χ2v) is 31.1. The fourth-order valence-corrected chi connectivity index (χ4v) is 13.4. The summed E-state index contributed by atoms with van der Waals surface area (Å²) in [7, 11) is 0. The molecular formula is C96H128N10O9. The van der Waals surface area contributed by atoms with Crippen LogP contribution in [0, 0.1) is 22.7 Å². The third-order valence-corrected chi connectivity index (χ3v) is 20.4. The van der Waals surface area contributed by atoms with Gasteiger partial charge < -0.3 is 53.8 Å². The van der Waals surface area contributed by atoms with Crippen LogP contribution in [0.1, 0.15) is 220 Å². The summed E-state index contributed by atoms with van der Waals surface area (Å²) in [5.74, 6) is -0.653. The van der Waals surface area contributed by atoms with Gasteiger partial charge in [-0.05, 0) is 227 Å². The van der Waals surface area contributed by atoms with Gasteiger partial charge in [-0.25, -0.2) is 0 Å². The number of esters is 2. The quantitative estimate of drug-likeness (QED) is 0.00445. The lowest BCUT2D eigenvalue weighted by molar-refractivity contribution is -0.154. The Morgan fingerprint density at radius 1 is 0.400 bits per heavy atom. The number of cyclic esters (lactones) is 2. The van der Waals surface area contributed by atoms with E-state index in [0.29, 0.717) is 51.1 Å². The van der Waals surface area contributed by atoms with Crippen molar-refractivity contribution in [1.82, 2.24) is 4.90 Å². The van der Waals surface area contributed by atoms with Gasteiger partial charge in [0.05, 0.1) is 18.3 Å². The largest absolute Gasteiger partial charge is 0.399 e. The summed E-state index contributed by atoms with van der Waals surface area (Å²) in [5.41, 5.74) is 28.1. The molecule has 0 bridgehead atoms. The van der Waals surface area contributed by atoms with Crippen LogP contribution < -0.4 is 49.1 Å². The van der Waals surface area contributed by atoms with E-state index in [1.807, 2.05) is 196 Å². The highest BCUT2D eigenvalue weighted by atomic mass is 16.6. The molecule has 19 heteroatoms. The van der Waals surface area contributed by atoms with Gasteiger partial charge in [0.25, 0.3) is 0 Å². The molecule has 2 saturated heterocycles. The zero-order chi connectivity index (χ0) is 82.9. The number of hydrogen-bond donors (Lipinski definition) is 9. The Morgan fingerprint density at radius 3 is 1.11 bits per heavy atom. The first-order valence-electron chi connectivity index (χ1n) is 41.6. The number of nitrogens with one attached hydrogen (secondary N) is 6. The van der Waals surface area contributed by atoms with Crippen LogP contribution in [0.5, 0.6) is 0 Å². The molecule has 616 valence electrons. The molecule has 11 rings (SSSR count). The predicted molar refractivity (Wildman–Crippen MR) is 471 cm³/mol. The fourth-order valence-electron chi connectivity index (χ4n) is 13.4. The Hall–Kier alpha value is -10.8. The SMILES string of the molecule is CCCCC(C)(C)C1CC(=O)N(CCCCCC(=O)Nc2ccc(Nc3ccccc3)cc2)C1=O.CCCCC(C)(C)C1CC(=O)OC1=O.NCCCCCC(=O)Nc1ccc(Nc2ccccc2)cc1.NCCCCCC(=O)Nc1ccc(Nc2ccccc2)cc1.Nc1ccc(Cc2ccccc2)cc1.O=C1CCCCCC1. The minimum atomic E-state index is -0.371. The van der Waals surface area contributed by atoms with Crippen molar-refractivity contribution < 1.29 is 43.1 Å². The molecule has 2 atom stereocenters. The highest BCUT2D eigenvalue weighted by molar-refractivity contribution is 6.04. The van der Waals surface area contributed by atoms with Gasteiger partial charge >= 0.3 is 11.9 Å². The van der Waals surface area contributed by atoms with Gasteiger partial charge in [-0.15, -0.1) is 0 Å². The lowest BCUT2D eigenvalue weighted by Crippen LogP contribution is -2.35. The summed E-state index contributed by atoms with van der Waals surface area (Å²) in [6, 6.07) is 71.4. The van der Waals surface area contributed by atoms with Crippen molar-refractivity contribution in [3.05, 3.63) is 230 Å². The first-order chi connectivity index (χ1) is 55.6. The molecule has 0 spiro atoms. The molecular weight excluding hydrogens is 1440 g/mol. The second kappa shape index (κ2) is 52.6. The zero-order valence-electron chi connectivity index (χ0n) is 69.0. The molecule has 8 aromatic rings. The molecule has 3 fully saturated rings. The van der Waals surface area contributed by atoms with E-state index in [1.165, 1.54) is 28.9 Å². The standard InChI is InChI=1S/C29H39N3O3.2C18H23N3O.C13H13N.C11H18O3.C7H12O/c1-4-5-19-29(2,3)25-21-27(34)32(28(25)35)20-11-7-10-14-26(33)31-24-17-15-23(16-18-24)30-22-12-8-6-9-13-22;2*19-14-6-2-5-9-18(22)21-17-12-10-16(11-13-17)20-15-7-3-1-4-8-15;14-13-8-6-12(7-9-13)10-11-4-2-1-3-5-11;1-4-5-6-11(2,3)8-7-9(12)14-10(8)13;8-7-5-3-1-2-4-6-7/h6,8-9,12-13,15-18,25,30H,4-5,7,10-11,14,19-21H2,1-3H3,(H,31,33);2*1,3-4,7-8,10-13,20H,2,5-6,9,14,19H2,(H,21,22);1-9H,10,14H2;8H,4-7H2,1-3H3;1-6H2. The van der Waals surface area contributed by atoms with E-state index in [2.05, 4.69) is 101 Å². The number of ketones is 1. The Bertz CT molecular complexity index is 4010. The van der Waals surface area contributed by atoms with Crippen LogP contribution in [0.15, 0.2) is 218 Å². The van der Waals surface area contributed by atoms with Crippen molar-refractivity contribution in [2.45, 2.75) is 215 Å². The highest BCUT2D eigenvalue weighted by Gasteiger charge is 2.46. The number of amides is 5. The summed E-state index contributed by atoms with van der Waals surface area (Å²) < 4.78 is 4.56.